The second-order valence-corrected chi connectivity index (χ2v) is 6.45. The Bertz CT molecular complexity index is 579. The largest absolute Gasteiger partial charge is 0.391 e. The van der Waals surface area contributed by atoms with Gasteiger partial charge in [0.05, 0.1) is 6.10 Å². The maximum atomic E-state index is 12.5. The van der Waals surface area contributed by atoms with Crippen molar-refractivity contribution in [1.29, 1.82) is 0 Å². The molecule has 1 aromatic carbocycles. The summed E-state index contributed by atoms with van der Waals surface area (Å²) in [6.45, 7) is 4.58. The highest BCUT2D eigenvalue weighted by Crippen LogP contribution is 2.27. The lowest BCUT2D eigenvalue weighted by Crippen LogP contribution is -2.41. The smallest absolute Gasteiger partial charge is 0.239 e. The van der Waals surface area contributed by atoms with Crippen LogP contribution in [0.5, 0.6) is 0 Å². The van der Waals surface area contributed by atoms with Crippen LogP contribution >= 0.6 is 11.6 Å². The fourth-order valence-corrected chi connectivity index (χ4v) is 2.81. The summed E-state index contributed by atoms with van der Waals surface area (Å²) >= 11 is 5.95. The van der Waals surface area contributed by atoms with Crippen molar-refractivity contribution in [3.63, 3.8) is 0 Å². The van der Waals surface area contributed by atoms with E-state index in [1.807, 2.05) is 13.8 Å². The molecule has 23 heavy (non-hydrogen) atoms. The van der Waals surface area contributed by atoms with Gasteiger partial charge in [-0.05, 0) is 30.5 Å². The Morgan fingerprint density at radius 2 is 2.26 bits per heavy atom. The second kappa shape index (κ2) is 7.79. The molecule has 126 valence electrons. The molecule has 2 N–H and O–H groups in total. The van der Waals surface area contributed by atoms with Crippen LogP contribution in [-0.2, 0) is 9.59 Å². The molecule has 2 amide bonds. The molecule has 1 aliphatic heterocycles. The van der Waals surface area contributed by atoms with Crippen molar-refractivity contribution in [1.82, 2.24) is 5.32 Å². The molecule has 1 saturated heterocycles. The van der Waals surface area contributed by atoms with Gasteiger partial charge in [0.2, 0.25) is 11.8 Å². The summed E-state index contributed by atoms with van der Waals surface area (Å²) < 4.78 is 0. The highest BCUT2D eigenvalue weighted by molar-refractivity contribution is 6.31. The number of rotatable bonds is 6. The lowest BCUT2D eigenvalue weighted by atomic mass is 10.0. The van der Waals surface area contributed by atoms with Crippen molar-refractivity contribution in [2.45, 2.75) is 32.8 Å². The average Bonchev–Trinajstić information content (AvgIpc) is 2.93. The number of halogens is 1. The summed E-state index contributed by atoms with van der Waals surface area (Å²) in [6, 6.07) is 7.04. The molecule has 0 aromatic heterocycles. The van der Waals surface area contributed by atoms with E-state index in [4.69, 9.17) is 11.6 Å². The minimum Gasteiger partial charge on any atom is -0.391 e. The van der Waals surface area contributed by atoms with Gasteiger partial charge in [-0.2, -0.15) is 0 Å². The van der Waals surface area contributed by atoms with E-state index in [2.05, 4.69) is 5.32 Å². The molecule has 1 fully saturated rings. The van der Waals surface area contributed by atoms with Gasteiger partial charge in [0.25, 0.3) is 0 Å². The molecule has 0 radical (unpaired) electrons. The molecule has 6 heteroatoms. The predicted molar refractivity (Wildman–Crippen MR) is 90.4 cm³/mol. The Labute approximate surface area is 141 Å². The first-order valence-electron chi connectivity index (χ1n) is 7.96. The number of hydrogen-bond acceptors (Lipinski definition) is 3. The quantitative estimate of drug-likeness (QED) is 0.781. The van der Waals surface area contributed by atoms with Gasteiger partial charge < -0.3 is 15.3 Å². The van der Waals surface area contributed by atoms with E-state index in [9.17, 15) is 14.7 Å². The maximum absolute atomic E-state index is 12.5. The van der Waals surface area contributed by atoms with E-state index in [-0.39, 0.29) is 24.3 Å². The summed E-state index contributed by atoms with van der Waals surface area (Å²) in [5.74, 6) is -1.12. The third-order valence-corrected chi connectivity index (χ3v) is 4.66. The van der Waals surface area contributed by atoms with Crippen LogP contribution in [0, 0.1) is 11.8 Å². The average molecular weight is 339 g/mol. The third kappa shape index (κ3) is 4.24. The molecule has 2 rings (SSSR count). The van der Waals surface area contributed by atoms with Crippen molar-refractivity contribution in [3.8, 4) is 0 Å². The summed E-state index contributed by atoms with van der Waals surface area (Å²) in [6.07, 6.45) is 0.711. The van der Waals surface area contributed by atoms with Crippen LogP contribution in [0.3, 0.4) is 0 Å². The van der Waals surface area contributed by atoms with Gasteiger partial charge in [-0.15, -0.1) is 0 Å². The summed E-state index contributed by atoms with van der Waals surface area (Å²) in [5, 5.41) is 13.2. The van der Waals surface area contributed by atoms with Crippen LogP contribution in [-0.4, -0.2) is 36.1 Å². The first-order valence-corrected chi connectivity index (χ1v) is 8.34. The van der Waals surface area contributed by atoms with E-state index >= 15 is 0 Å². The van der Waals surface area contributed by atoms with Gasteiger partial charge in [0, 0.05) is 23.8 Å². The predicted octanol–water partition coefficient (Wildman–Crippen LogP) is 2.22. The molecule has 1 heterocycles. The van der Waals surface area contributed by atoms with Crippen molar-refractivity contribution in [2.75, 3.05) is 18.0 Å². The second-order valence-electron chi connectivity index (χ2n) is 6.01. The Morgan fingerprint density at radius 3 is 2.91 bits per heavy atom. The van der Waals surface area contributed by atoms with Crippen LogP contribution in [0.25, 0.3) is 0 Å². The lowest BCUT2D eigenvalue weighted by Gasteiger charge is -2.19. The van der Waals surface area contributed by atoms with Crippen molar-refractivity contribution < 1.29 is 14.7 Å². The third-order valence-electron chi connectivity index (χ3n) is 4.43. The number of aliphatic hydroxyl groups is 1. The topological polar surface area (TPSA) is 69.6 Å². The molecule has 0 bridgehead atoms. The molecule has 1 aromatic rings. The van der Waals surface area contributed by atoms with Crippen LogP contribution < -0.4 is 10.2 Å². The number of amides is 2. The Kier molecular flexibility index (Phi) is 6.02. The van der Waals surface area contributed by atoms with E-state index in [1.54, 1.807) is 29.2 Å². The molecule has 3 atom stereocenters. The number of carbonyl (C=O) groups excluding carboxylic acids is 2. The van der Waals surface area contributed by atoms with Crippen molar-refractivity contribution in [3.05, 3.63) is 29.3 Å². The fourth-order valence-electron chi connectivity index (χ4n) is 2.63. The normalized spacial score (nSPS) is 20.4. The summed E-state index contributed by atoms with van der Waals surface area (Å²) in [7, 11) is 0. The number of anilines is 1. The van der Waals surface area contributed by atoms with Gasteiger partial charge in [-0.3, -0.25) is 9.59 Å². The first kappa shape index (κ1) is 17.8. The molecular formula is C17H23ClN2O3. The Balaban J connectivity index is 1.95. The van der Waals surface area contributed by atoms with Crippen molar-refractivity contribution >= 4 is 29.1 Å². The highest BCUT2D eigenvalue weighted by atomic mass is 35.5. The van der Waals surface area contributed by atoms with Gasteiger partial charge in [0.1, 0.15) is 5.92 Å². The number of carbonyl (C=O) groups is 2. The lowest BCUT2D eigenvalue weighted by molar-refractivity contribution is -0.132. The summed E-state index contributed by atoms with van der Waals surface area (Å²) in [5.41, 5.74) is 0.706. The number of benzene rings is 1. The van der Waals surface area contributed by atoms with Crippen LogP contribution in [0.2, 0.25) is 5.02 Å². The van der Waals surface area contributed by atoms with E-state index in [0.717, 1.165) is 6.42 Å². The Morgan fingerprint density at radius 1 is 1.52 bits per heavy atom. The SMILES string of the molecule is CCC(C)C(O)CNC(=O)C1CCN(c2cccc(Cl)c2)C1=O. The van der Waals surface area contributed by atoms with Crippen LogP contribution in [0.1, 0.15) is 26.7 Å². The zero-order valence-electron chi connectivity index (χ0n) is 13.5. The van der Waals surface area contributed by atoms with E-state index in [0.29, 0.717) is 23.7 Å². The molecule has 0 aliphatic carbocycles. The fraction of sp³-hybridized carbons (Fsp3) is 0.529. The van der Waals surface area contributed by atoms with Gasteiger partial charge in [-0.25, -0.2) is 0 Å². The Hall–Kier alpha value is -1.59. The minimum absolute atomic E-state index is 0.109. The minimum atomic E-state index is -0.696. The molecule has 0 saturated carbocycles. The molecular weight excluding hydrogens is 316 g/mol. The first-order chi connectivity index (χ1) is 10.9. The zero-order valence-corrected chi connectivity index (χ0v) is 14.2. The summed E-state index contributed by atoms with van der Waals surface area (Å²) in [4.78, 5) is 26.3. The number of hydrogen-bond donors (Lipinski definition) is 2. The van der Waals surface area contributed by atoms with E-state index < -0.39 is 12.0 Å². The van der Waals surface area contributed by atoms with Gasteiger partial charge in [-0.1, -0.05) is 37.9 Å². The van der Waals surface area contributed by atoms with E-state index in [1.165, 1.54) is 0 Å². The zero-order chi connectivity index (χ0) is 17.0. The number of nitrogens with zero attached hydrogens (tertiary/aromatic N) is 1. The van der Waals surface area contributed by atoms with Gasteiger partial charge in [0.15, 0.2) is 0 Å². The van der Waals surface area contributed by atoms with Crippen molar-refractivity contribution in [2.24, 2.45) is 11.8 Å². The van der Waals surface area contributed by atoms with Crippen LogP contribution in [0.4, 0.5) is 5.69 Å². The number of nitrogens with one attached hydrogen (secondary N) is 1. The maximum Gasteiger partial charge on any atom is 0.239 e. The molecule has 1 aliphatic rings. The van der Waals surface area contributed by atoms with Gasteiger partial charge >= 0.3 is 0 Å². The molecule has 3 unspecified atom stereocenters. The molecule has 5 nitrogen and oxygen atoms in total. The van der Waals surface area contributed by atoms with Crippen LogP contribution in [0.15, 0.2) is 24.3 Å². The highest BCUT2D eigenvalue weighted by Gasteiger charge is 2.37. The molecule has 0 spiro atoms. The monoisotopic (exact) mass is 338 g/mol. The standard InChI is InChI=1S/C17H23ClN2O3/c1-3-11(2)15(21)10-19-16(22)14-7-8-20(17(14)23)13-6-4-5-12(18)9-13/h4-6,9,11,14-15,21H,3,7-8,10H2,1-2H3,(H,19,22). The number of aliphatic hydroxyl groups excluding tert-OH is 1.